The van der Waals surface area contributed by atoms with Crippen LogP contribution in [0.2, 0.25) is 0 Å². The van der Waals surface area contributed by atoms with Gasteiger partial charge < -0.3 is 11.5 Å². The molecule has 17 heavy (non-hydrogen) atoms. The van der Waals surface area contributed by atoms with Crippen molar-refractivity contribution in [2.75, 3.05) is 19.6 Å². The van der Waals surface area contributed by atoms with Crippen molar-refractivity contribution in [2.24, 2.45) is 23.3 Å². The first-order valence-corrected chi connectivity index (χ1v) is 6.77. The molecule has 4 heteroatoms. The van der Waals surface area contributed by atoms with E-state index < -0.39 is 0 Å². The first kappa shape index (κ1) is 14.5. The highest BCUT2D eigenvalue weighted by Gasteiger charge is 2.26. The predicted molar refractivity (Wildman–Crippen MR) is 70.4 cm³/mol. The zero-order chi connectivity index (χ0) is 12.8. The summed E-state index contributed by atoms with van der Waals surface area (Å²) in [7, 11) is 0. The molecule has 1 atom stereocenters. The van der Waals surface area contributed by atoms with Crippen molar-refractivity contribution in [3.8, 4) is 0 Å². The first-order valence-electron chi connectivity index (χ1n) is 6.77. The molecule has 1 saturated carbocycles. The van der Waals surface area contributed by atoms with Crippen LogP contribution in [0, 0.1) is 11.8 Å². The maximum atomic E-state index is 11.2. The minimum absolute atomic E-state index is 0.226. The molecule has 0 spiro atoms. The molecule has 4 nitrogen and oxygen atoms in total. The van der Waals surface area contributed by atoms with Crippen LogP contribution in [0.4, 0.5) is 0 Å². The third kappa shape index (κ3) is 4.64. The Balaban J connectivity index is 2.58. The number of carbonyl (C=O) groups excluding carboxylic acids is 1. The largest absolute Gasteiger partial charge is 0.369 e. The number of carbonyl (C=O) groups is 1. The van der Waals surface area contributed by atoms with Gasteiger partial charge in [-0.1, -0.05) is 26.7 Å². The summed E-state index contributed by atoms with van der Waals surface area (Å²) < 4.78 is 0. The van der Waals surface area contributed by atoms with E-state index in [4.69, 9.17) is 11.5 Å². The summed E-state index contributed by atoms with van der Waals surface area (Å²) in [4.78, 5) is 13.4. The minimum atomic E-state index is -0.226. The molecule has 0 radical (unpaired) electrons. The highest BCUT2D eigenvalue weighted by Crippen LogP contribution is 2.25. The molecule has 0 bridgehead atoms. The molecule has 1 amide bonds. The molecular weight excluding hydrogens is 214 g/mol. The van der Waals surface area contributed by atoms with Gasteiger partial charge in [-0.2, -0.15) is 0 Å². The summed E-state index contributed by atoms with van der Waals surface area (Å²) in [5.41, 5.74) is 11.2. The molecule has 1 rings (SSSR count). The molecule has 1 unspecified atom stereocenters. The predicted octanol–water partition coefficient (Wildman–Crippen LogP) is 0.947. The lowest BCUT2D eigenvalue weighted by molar-refractivity contribution is -0.119. The number of nitrogens with two attached hydrogens (primary N) is 2. The summed E-state index contributed by atoms with van der Waals surface area (Å²) in [5, 5.41) is 0. The summed E-state index contributed by atoms with van der Waals surface area (Å²) in [6, 6.07) is 0.537. The fraction of sp³-hybridized carbons (Fsp3) is 0.923. The Bertz CT molecular complexity index is 237. The summed E-state index contributed by atoms with van der Waals surface area (Å²) in [5.74, 6) is 0.781. The lowest BCUT2D eigenvalue weighted by atomic mass is 9.94. The number of hydrogen-bond donors (Lipinski definition) is 2. The van der Waals surface area contributed by atoms with E-state index in [1.165, 1.54) is 25.7 Å². The maximum Gasteiger partial charge on any atom is 0.231 e. The second kappa shape index (κ2) is 6.97. The van der Waals surface area contributed by atoms with Gasteiger partial charge in [-0.3, -0.25) is 9.69 Å². The third-order valence-electron chi connectivity index (χ3n) is 3.91. The van der Waals surface area contributed by atoms with E-state index in [0.717, 1.165) is 6.54 Å². The number of nitrogens with zero attached hydrogens (tertiary/aromatic N) is 1. The molecule has 0 heterocycles. The standard InChI is InChI=1S/C13H27N3O/c1-10(2)11(7-14)8-16(9-13(15)17)12-5-3-4-6-12/h10-12H,3-9,14H2,1-2H3,(H2,15,17). The average Bonchev–Trinajstić information content (AvgIpc) is 2.76. The van der Waals surface area contributed by atoms with Gasteiger partial charge in [0.2, 0.25) is 5.91 Å². The van der Waals surface area contributed by atoms with E-state index in [9.17, 15) is 4.79 Å². The van der Waals surface area contributed by atoms with Crippen molar-refractivity contribution in [3.05, 3.63) is 0 Å². The third-order valence-corrected chi connectivity index (χ3v) is 3.91. The minimum Gasteiger partial charge on any atom is -0.369 e. The maximum absolute atomic E-state index is 11.2. The molecule has 4 N–H and O–H groups in total. The topological polar surface area (TPSA) is 72.3 Å². The molecule has 1 aliphatic rings. The second-order valence-electron chi connectivity index (χ2n) is 5.57. The number of rotatable bonds is 7. The van der Waals surface area contributed by atoms with Crippen LogP contribution in [-0.4, -0.2) is 36.5 Å². The highest BCUT2D eigenvalue weighted by atomic mass is 16.1. The van der Waals surface area contributed by atoms with Gasteiger partial charge >= 0.3 is 0 Å². The highest BCUT2D eigenvalue weighted by molar-refractivity contribution is 5.75. The van der Waals surface area contributed by atoms with E-state index >= 15 is 0 Å². The molecule has 100 valence electrons. The smallest absolute Gasteiger partial charge is 0.231 e. The average molecular weight is 241 g/mol. The zero-order valence-electron chi connectivity index (χ0n) is 11.2. The normalized spacial score (nSPS) is 19.1. The summed E-state index contributed by atoms with van der Waals surface area (Å²) >= 11 is 0. The van der Waals surface area contributed by atoms with E-state index in [2.05, 4.69) is 18.7 Å². The molecule has 0 aromatic carbocycles. The molecule has 0 aromatic heterocycles. The van der Waals surface area contributed by atoms with Crippen molar-refractivity contribution in [1.29, 1.82) is 0 Å². The van der Waals surface area contributed by atoms with Gasteiger partial charge in [0.05, 0.1) is 6.54 Å². The number of primary amides is 1. The van der Waals surface area contributed by atoms with E-state index in [1.54, 1.807) is 0 Å². The van der Waals surface area contributed by atoms with E-state index in [1.807, 2.05) is 0 Å². The van der Waals surface area contributed by atoms with Gasteiger partial charge in [0.15, 0.2) is 0 Å². The van der Waals surface area contributed by atoms with Gasteiger partial charge in [-0.25, -0.2) is 0 Å². The van der Waals surface area contributed by atoms with Crippen LogP contribution in [0.15, 0.2) is 0 Å². The van der Waals surface area contributed by atoms with Crippen LogP contribution in [0.1, 0.15) is 39.5 Å². The molecule has 1 aliphatic carbocycles. The summed E-state index contributed by atoms with van der Waals surface area (Å²) in [6.45, 7) is 6.35. The van der Waals surface area contributed by atoms with Crippen LogP contribution in [-0.2, 0) is 4.79 Å². The second-order valence-corrected chi connectivity index (χ2v) is 5.57. The van der Waals surface area contributed by atoms with Gasteiger partial charge in [0, 0.05) is 12.6 Å². The van der Waals surface area contributed by atoms with Gasteiger partial charge in [-0.05, 0) is 31.2 Å². The van der Waals surface area contributed by atoms with Crippen LogP contribution < -0.4 is 11.5 Å². The fourth-order valence-electron chi connectivity index (χ4n) is 2.67. The van der Waals surface area contributed by atoms with Crippen molar-refractivity contribution in [1.82, 2.24) is 4.90 Å². The van der Waals surface area contributed by atoms with Gasteiger partial charge in [0.25, 0.3) is 0 Å². The van der Waals surface area contributed by atoms with Crippen molar-refractivity contribution < 1.29 is 4.79 Å². The van der Waals surface area contributed by atoms with Gasteiger partial charge in [-0.15, -0.1) is 0 Å². The molecule has 0 aliphatic heterocycles. The van der Waals surface area contributed by atoms with E-state index in [-0.39, 0.29) is 5.91 Å². The van der Waals surface area contributed by atoms with Crippen molar-refractivity contribution in [3.63, 3.8) is 0 Å². The zero-order valence-corrected chi connectivity index (χ0v) is 11.2. The van der Waals surface area contributed by atoms with Crippen LogP contribution in [0.5, 0.6) is 0 Å². The Morgan fingerprint density at radius 1 is 1.35 bits per heavy atom. The SMILES string of the molecule is CC(C)C(CN)CN(CC(N)=O)C1CCCC1. The Morgan fingerprint density at radius 2 is 1.94 bits per heavy atom. The quantitative estimate of drug-likeness (QED) is 0.697. The van der Waals surface area contributed by atoms with Gasteiger partial charge in [0.1, 0.15) is 0 Å². The van der Waals surface area contributed by atoms with Crippen LogP contribution in [0.25, 0.3) is 0 Å². The van der Waals surface area contributed by atoms with Crippen molar-refractivity contribution >= 4 is 5.91 Å². The molecule has 0 saturated heterocycles. The Hall–Kier alpha value is -0.610. The van der Waals surface area contributed by atoms with Crippen LogP contribution >= 0.6 is 0 Å². The molecular formula is C13H27N3O. The molecule has 1 fully saturated rings. The number of hydrogen-bond acceptors (Lipinski definition) is 3. The van der Waals surface area contributed by atoms with Crippen molar-refractivity contribution in [2.45, 2.75) is 45.6 Å². The lowest BCUT2D eigenvalue weighted by Gasteiger charge is -2.32. The Kier molecular flexibility index (Phi) is 5.92. The van der Waals surface area contributed by atoms with E-state index in [0.29, 0.717) is 31.0 Å². The monoisotopic (exact) mass is 241 g/mol. The first-order chi connectivity index (χ1) is 8.04. The molecule has 0 aromatic rings. The summed E-state index contributed by atoms with van der Waals surface area (Å²) in [6.07, 6.45) is 4.94. The number of amides is 1. The Labute approximate surface area is 105 Å². The lowest BCUT2D eigenvalue weighted by Crippen LogP contribution is -2.45. The fourth-order valence-corrected chi connectivity index (χ4v) is 2.67. The van der Waals surface area contributed by atoms with Crippen LogP contribution in [0.3, 0.4) is 0 Å². The Morgan fingerprint density at radius 3 is 2.35 bits per heavy atom.